The normalized spacial score (nSPS) is 11.3. The van der Waals surface area contributed by atoms with E-state index in [1.54, 1.807) is 6.92 Å². The number of halogens is 1. The molecule has 0 atom stereocenters. The first-order chi connectivity index (χ1) is 6.53. The van der Waals surface area contributed by atoms with Crippen LogP contribution in [0.4, 0.5) is 10.2 Å². The van der Waals surface area contributed by atoms with Gasteiger partial charge < -0.3 is 0 Å². The lowest BCUT2D eigenvalue weighted by Gasteiger charge is -2.06. The van der Waals surface area contributed by atoms with Crippen molar-refractivity contribution >= 4 is 16.0 Å². The fraction of sp³-hybridized carbons (Fsp3) is 0.286. The second-order valence-corrected chi connectivity index (χ2v) is 3.95. The molecule has 0 aliphatic heterocycles. The van der Waals surface area contributed by atoms with Crippen molar-refractivity contribution in [3.8, 4) is 0 Å². The van der Waals surface area contributed by atoms with Crippen molar-refractivity contribution in [3.05, 3.63) is 24.1 Å². The highest BCUT2D eigenvalue weighted by atomic mass is 32.2. The van der Waals surface area contributed by atoms with Gasteiger partial charge in [0.15, 0.2) is 0 Å². The molecular weight excluding hydrogens is 209 g/mol. The summed E-state index contributed by atoms with van der Waals surface area (Å²) in [6.07, 6.45) is 0. The van der Waals surface area contributed by atoms with Crippen LogP contribution in [-0.4, -0.2) is 19.9 Å². The van der Waals surface area contributed by atoms with Gasteiger partial charge in [0.1, 0.15) is 5.82 Å². The Balaban J connectivity index is 2.79. The number of nitrogens with zero attached hydrogens (tertiary/aromatic N) is 1. The summed E-state index contributed by atoms with van der Waals surface area (Å²) in [6, 6.07) is 3.86. The van der Waals surface area contributed by atoms with E-state index in [2.05, 4.69) is 14.4 Å². The van der Waals surface area contributed by atoms with Crippen LogP contribution in [0.25, 0.3) is 0 Å². The van der Waals surface area contributed by atoms with Crippen LogP contribution in [0.2, 0.25) is 0 Å². The maximum atomic E-state index is 12.6. The summed E-state index contributed by atoms with van der Waals surface area (Å²) in [4.78, 5) is 3.34. The average Bonchev–Trinajstić information content (AvgIpc) is 2.02. The lowest BCUT2D eigenvalue weighted by atomic mass is 10.5. The summed E-state index contributed by atoms with van der Waals surface area (Å²) in [6.45, 7) is 1.89. The molecule has 0 saturated heterocycles. The molecular formula is C7H10FN3O2S. The van der Waals surface area contributed by atoms with E-state index in [0.717, 1.165) is 6.07 Å². The second-order valence-electron chi connectivity index (χ2n) is 2.45. The lowest BCUT2D eigenvalue weighted by Crippen LogP contribution is -2.30. The molecule has 0 aromatic carbocycles. The number of hydrogen-bond donors (Lipinski definition) is 2. The maximum Gasteiger partial charge on any atom is 0.300 e. The van der Waals surface area contributed by atoms with Crippen molar-refractivity contribution < 1.29 is 12.8 Å². The number of nitrogens with one attached hydrogen (secondary N) is 2. The van der Waals surface area contributed by atoms with E-state index < -0.39 is 16.2 Å². The van der Waals surface area contributed by atoms with E-state index in [1.165, 1.54) is 12.1 Å². The first-order valence-corrected chi connectivity index (χ1v) is 5.42. The zero-order valence-corrected chi connectivity index (χ0v) is 8.31. The Labute approximate surface area is 81.5 Å². The van der Waals surface area contributed by atoms with Gasteiger partial charge in [-0.25, -0.2) is 4.98 Å². The third-order valence-electron chi connectivity index (χ3n) is 1.29. The highest BCUT2D eigenvalue weighted by molar-refractivity contribution is 7.90. The summed E-state index contributed by atoms with van der Waals surface area (Å²) in [5.74, 6) is -0.785. The number of hydrogen-bond acceptors (Lipinski definition) is 3. The highest BCUT2D eigenvalue weighted by Gasteiger charge is 2.08. The van der Waals surface area contributed by atoms with Gasteiger partial charge in [-0.15, -0.1) is 0 Å². The van der Waals surface area contributed by atoms with Gasteiger partial charge in [0.25, 0.3) is 10.2 Å². The molecule has 5 nitrogen and oxygen atoms in total. The molecule has 78 valence electrons. The van der Waals surface area contributed by atoms with Crippen LogP contribution in [0.1, 0.15) is 6.92 Å². The van der Waals surface area contributed by atoms with Crippen molar-refractivity contribution in [3.63, 3.8) is 0 Å². The second kappa shape index (κ2) is 4.34. The van der Waals surface area contributed by atoms with E-state index in [1.807, 2.05) is 0 Å². The molecule has 0 aliphatic carbocycles. The van der Waals surface area contributed by atoms with E-state index in [9.17, 15) is 12.8 Å². The molecule has 0 aliphatic rings. The first-order valence-electron chi connectivity index (χ1n) is 3.93. The topological polar surface area (TPSA) is 71.1 Å². The Morgan fingerprint density at radius 3 is 2.79 bits per heavy atom. The van der Waals surface area contributed by atoms with Crippen LogP contribution >= 0.6 is 0 Å². The third kappa shape index (κ3) is 3.27. The van der Waals surface area contributed by atoms with E-state index in [-0.39, 0.29) is 12.4 Å². The molecule has 0 bridgehead atoms. The van der Waals surface area contributed by atoms with Crippen LogP contribution in [0.5, 0.6) is 0 Å². The Bertz CT molecular complexity index is 407. The van der Waals surface area contributed by atoms with E-state index >= 15 is 0 Å². The molecule has 0 radical (unpaired) electrons. The predicted molar refractivity (Wildman–Crippen MR) is 50.4 cm³/mol. The standard InChI is InChI=1S/C7H10FN3O2S/c1-2-9-14(12,13)11-7-5-3-4-6(8)10-7/h3-5,9H,2H2,1H3,(H,10,11). The van der Waals surface area contributed by atoms with Crippen molar-refractivity contribution in [2.75, 3.05) is 11.3 Å². The smallest absolute Gasteiger partial charge is 0.255 e. The molecule has 7 heteroatoms. The minimum absolute atomic E-state index is 0.0500. The molecule has 1 rings (SSSR count). The van der Waals surface area contributed by atoms with Gasteiger partial charge in [-0.3, -0.25) is 4.72 Å². The molecule has 1 aromatic heterocycles. The number of pyridine rings is 1. The van der Waals surface area contributed by atoms with Crippen LogP contribution in [0.15, 0.2) is 18.2 Å². The third-order valence-corrected chi connectivity index (χ3v) is 2.43. The zero-order chi connectivity index (χ0) is 10.6. The number of aromatic nitrogens is 1. The van der Waals surface area contributed by atoms with Gasteiger partial charge in [-0.2, -0.15) is 17.5 Å². The first kappa shape index (κ1) is 10.9. The average molecular weight is 219 g/mol. The van der Waals surface area contributed by atoms with Crippen LogP contribution in [-0.2, 0) is 10.2 Å². The van der Waals surface area contributed by atoms with Gasteiger partial charge >= 0.3 is 0 Å². The molecule has 0 fully saturated rings. The number of anilines is 1. The van der Waals surface area contributed by atoms with Gasteiger partial charge in [0, 0.05) is 6.54 Å². The van der Waals surface area contributed by atoms with Gasteiger partial charge in [0.05, 0.1) is 0 Å². The minimum atomic E-state index is -3.63. The molecule has 0 spiro atoms. The largest absolute Gasteiger partial charge is 0.300 e. The summed E-state index contributed by atoms with van der Waals surface area (Å²) < 4.78 is 39.1. The summed E-state index contributed by atoms with van der Waals surface area (Å²) >= 11 is 0. The van der Waals surface area contributed by atoms with E-state index in [0.29, 0.717) is 0 Å². The summed E-state index contributed by atoms with van der Waals surface area (Å²) in [5, 5.41) is 0. The summed E-state index contributed by atoms with van der Waals surface area (Å²) in [5.41, 5.74) is 0. The van der Waals surface area contributed by atoms with Crippen LogP contribution < -0.4 is 9.44 Å². The molecule has 2 N–H and O–H groups in total. The Kier molecular flexibility index (Phi) is 3.37. The van der Waals surface area contributed by atoms with Gasteiger partial charge in [-0.1, -0.05) is 13.0 Å². The molecule has 0 saturated carbocycles. The van der Waals surface area contributed by atoms with Crippen molar-refractivity contribution in [1.29, 1.82) is 0 Å². The number of rotatable bonds is 4. The zero-order valence-electron chi connectivity index (χ0n) is 7.49. The highest BCUT2D eigenvalue weighted by Crippen LogP contribution is 2.04. The Morgan fingerprint density at radius 2 is 2.21 bits per heavy atom. The van der Waals surface area contributed by atoms with Gasteiger partial charge in [-0.05, 0) is 12.1 Å². The molecule has 1 aromatic rings. The molecule has 14 heavy (non-hydrogen) atoms. The molecule has 1 heterocycles. The minimum Gasteiger partial charge on any atom is -0.255 e. The fourth-order valence-corrected chi connectivity index (χ4v) is 1.67. The molecule has 0 amide bonds. The van der Waals surface area contributed by atoms with Crippen molar-refractivity contribution in [2.24, 2.45) is 0 Å². The van der Waals surface area contributed by atoms with Gasteiger partial charge in [0.2, 0.25) is 5.95 Å². The Morgan fingerprint density at radius 1 is 1.50 bits per heavy atom. The lowest BCUT2D eigenvalue weighted by molar-refractivity contribution is 0.582. The Hall–Kier alpha value is -1.21. The van der Waals surface area contributed by atoms with Crippen LogP contribution in [0, 0.1) is 5.95 Å². The fourth-order valence-electron chi connectivity index (χ4n) is 0.829. The van der Waals surface area contributed by atoms with Crippen LogP contribution in [0.3, 0.4) is 0 Å². The quantitative estimate of drug-likeness (QED) is 0.724. The SMILES string of the molecule is CCNS(=O)(=O)Nc1cccc(F)n1. The monoisotopic (exact) mass is 219 g/mol. The van der Waals surface area contributed by atoms with Crippen molar-refractivity contribution in [1.82, 2.24) is 9.71 Å². The molecule has 0 unspecified atom stereocenters. The van der Waals surface area contributed by atoms with E-state index in [4.69, 9.17) is 0 Å². The maximum absolute atomic E-state index is 12.6. The van der Waals surface area contributed by atoms with Crippen molar-refractivity contribution in [2.45, 2.75) is 6.92 Å². The summed E-state index contributed by atoms with van der Waals surface area (Å²) in [7, 11) is -3.63. The predicted octanol–water partition coefficient (Wildman–Crippen LogP) is 0.487.